The lowest BCUT2D eigenvalue weighted by Crippen LogP contribution is -2.33. The van der Waals surface area contributed by atoms with E-state index in [1.165, 1.54) is 12.8 Å². The maximum Gasteiger partial charge on any atom is 0.276 e. The second-order valence-electron chi connectivity index (χ2n) is 6.72. The number of nitrogens with one attached hydrogen (secondary N) is 1. The monoisotopic (exact) mass is 324 g/mol. The molecule has 1 aliphatic heterocycles. The molecule has 1 fully saturated rings. The third-order valence-electron chi connectivity index (χ3n) is 4.63. The SMILES string of the molecule is Cc1ccc(C)c(NC(=O)c2ccc(N3CCC(C)CC3)nn2)c1. The molecular formula is C19H24N4O. The number of aromatic nitrogens is 2. The molecule has 5 heteroatoms. The van der Waals surface area contributed by atoms with E-state index in [-0.39, 0.29) is 5.91 Å². The topological polar surface area (TPSA) is 58.1 Å². The van der Waals surface area contributed by atoms with Crippen LogP contribution in [0, 0.1) is 19.8 Å². The first-order chi connectivity index (χ1) is 11.5. The molecule has 0 bridgehead atoms. The van der Waals surface area contributed by atoms with Crippen LogP contribution in [0.2, 0.25) is 0 Å². The number of anilines is 2. The Balaban J connectivity index is 1.68. The fourth-order valence-electron chi connectivity index (χ4n) is 2.91. The van der Waals surface area contributed by atoms with Crippen molar-refractivity contribution in [1.82, 2.24) is 10.2 Å². The predicted molar refractivity (Wildman–Crippen MR) is 96.5 cm³/mol. The van der Waals surface area contributed by atoms with Gasteiger partial charge in [-0.3, -0.25) is 4.79 Å². The van der Waals surface area contributed by atoms with E-state index in [1.807, 2.05) is 38.1 Å². The highest BCUT2D eigenvalue weighted by Crippen LogP contribution is 2.21. The molecule has 0 radical (unpaired) electrons. The molecule has 0 atom stereocenters. The number of hydrogen-bond acceptors (Lipinski definition) is 4. The first-order valence-corrected chi connectivity index (χ1v) is 8.50. The number of benzene rings is 1. The average Bonchev–Trinajstić information content (AvgIpc) is 2.59. The molecule has 1 aromatic heterocycles. The second-order valence-corrected chi connectivity index (χ2v) is 6.72. The fraction of sp³-hybridized carbons (Fsp3) is 0.421. The zero-order valence-corrected chi connectivity index (χ0v) is 14.5. The summed E-state index contributed by atoms with van der Waals surface area (Å²) >= 11 is 0. The van der Waals surface area contributed by atoms with Crippen LogP contribution in [0.3, 0.4) is 0 Å². The lowest BCUT2D eigenvalue weighted by atomic mass is 9.99. The molecule has 1 aromatic carbocycles. The fourth-order valence-corrected chi connectivity index (χ4v) is 2.91. The van der Waals surface area contributed by atoms with Crippen LogP contribution in [0.25, 0.3) is 0 Å². The molecule has 126 valence electrons. The van der Waals surface area contributed by atoms with E-state index >= 15 is 0 Å². The minimum absolute atomic E-state index is 0.227. The summed E-state index contributed by atoms with van der Waals surface area (Å²) in [6.45, 7) is 8.27. The summed E-state index contributed by atoms with van der Waals surface area (Å²) in [5.74, 6) is 1.40. The highest BCUT2D eigenvalue weighted by molar-refractivity contribution is 6.03. The molecule has 0 spiro atoms. The van der Waals surface area contributed by atoms with Gasteiger partial charge in [0.1, 0.15) is 0 Å². The van der Waals surface area contributed by atoms with Gasteiger partial charge in [-0.15, -0.1) is 10.2 Å². The van der Waals surface area contributed by atoms with Crippen molar-refractivity contribution >= 4 is 17.4 Å². The third-order valence-corrected chi connectivity index (χ3v) is 4.63. The van der Waals surface area contributed by atoms with Crippen LogP contribution in [-0.4, -0.2) is 29.2 Å². The number of aryl methyl sites for hydroxylation is 2. The molecule has 1 aliphatic rings. The van der Waals surface area contributed by atoms with E-state index in [0.717, 1.165) is 41.6 Å². The molecule has 2 aromatic rings. The Morgan fingerprint density at radius 3 is 2.54 bits per heavy atom. The maximum atomic E-state index is 12.4. The number of rotatable bonds is 3. The van der Waals surface area contributed by atoms with Crippen molar-refractivity contribution in [3.63, 3.8) is 0 Å². The van der Waals surface area contributed by atoms with Crippen molar-refractivity contribution in [2.24, 2.45) is 5.92 Å². The molecule has 0 saturated carbocycles. The number of carbonyl (C=O) groups excluding carboxylic acids is 1. The molecule has 2 heterocycles. The second kappa shape index (κ2) is 6.99. The molecular weight excluding hydrogens is 300 g/mol. The van der Waals surface area contributed by atoms with Crippen molar-refractivity contribution in [3.05, 3.63) is 47.2 Å². The quantitative estimate of drug-likeness (QED) is 0.937. The lowest BCUT2D eigenvalue weighted by Gasteiger charge is -2.30. The van der Waals surface area contributed by atoms with Crippen molar-refractivity contribution in [1.29, 1.82) is 0 Å². The van der Waals surface area contributed by atoms with Gasteiger partial charge in [0.2, 0.25) is 0 Å². The van der Waals surface area contributed by atoms with Gasteiger partial charge in [-0.25, -0.2) is 0 Å². The normalized spacial score (nSPS) is 15.4. The molecule has 5 nitrogen and oxygen atoms in total. The number of piperidine rings is 1. The smallest absolute Gasteiger partial charge is 0.276 e. The molecule has 1 amide bonds. The largest absolute Gasteiger partial charge is 0.355 e. The maximum absolute atomic E-state index is 12.4. The van der Waals surface area contributed by atoms with Gasteiger partial charge in [-0.1, -0.05) is 19.1 Å². The van der Waals surface area contributed by atoms with E-state index in [4.69, 9.17) is 0 Å². The summed E-state index contributed by atoms with van der Waals surface area (Å²) in [7, 11) is 0. The van der Waals surface area contributed by atoms with Gasteiger partial charge in [0.05, 0.1) is 0 Å². The van der Waals surface area contributed by atoms with Gasteiger partial charge in [-0.2, -0.15) is 0 Å². The summed E-state index contributed by atoms with van der Waals surface area (Å²) in [5, 5.41) is 11.3. The van der Waals surface area contributed by atoms with E-state index in [0.29, 0.717) is 5.69 Å². The molecule has 24 heavy (non-hydrogen) atoms. The van der Waals surface area contributed by atoms with Crippen LogP contribution in [0.1, 0.15) is 41.4 Å². The van der Waals surface area contributed by atoms with Gasteiger partial charge in [0.15, 0.2) is 11.5 Å². The minimum Gasteiger partial charge on any atom is -0.355 e. The summed E-state index contributed by atoms with van der Waals surface area (Å²) in [4.78, 5) is 14.6. The van der Waals surface area contributed by atoms with E-state index < -0.39 is 0 Å². The molecule has 0 unspecified atom stereocenters. The summed E-state index contributed by atoms with van der Waals surface area (Å²) in [6.07, 6.45) is 2.35. The molecule has 0 aliphatic carbocycles. The lowest BCUT2D eigenvalue weighted by molar-refractivity contribution is 0.102. The van der Waals surface area contributed by atoms with Crippen LogP contribution < -0.4 is 10.2 Å². The van der Waals surface area contributed by atoms with Crippen LogP contribution in [0.15, 0.2) is 30.3 Å². The van der Waals surface area contributed by atoms with E-state index in [9.17, 15) is 4.79 Å². The van der Waals surface area contributed by atoms with Gasteiger partial charge in [0.25, 0.3) is 5.91 Å². The van der Waals surface area contributed by atoms with Gasteiger partial charge in [-0.05, 0) is 61.9 Å². The first kappa shape index (κ1) is 16.4. The van der Waals surface area contributed by atoms with E-state index in [1.54, 1.807) is 6.07 Å². The summed E-state index contributed by atoms with van der Waals surface area (Å²) < 4.78 is 0. The highest BCUT2D eigenvalue weighted by atomic mass is 16.1. The zero-order valence-electron chi connectivity index (χ0n) is 14.5. The van der Waals surface area contributed by atoms with Gasteiger partial charge in [0, 0.05) is 18.8 Å². The van der Waals surface area contributed by atoms with Crippen LogP contribution in [0.5, 0.6) is 0 Å². The molecule has 1 saturated heterocycles. The first-order valence-electron chi connectivity index (χ1n) is 8.50. The Hall–Kier alpha value is -2.43. The molecule has 1 N–H and O–H groups in total. The Labute approximate surface area is 143 Å². The summed E-state index contributed by atoms with van der Waals surface area (Å²) in [6, 6.07) is 9.63. The van der Waals surface area contributed by atoms with Crippen LogP contribution >= 0.6 is 0 Å². The van der Waals surface area contributed by atoms with Crippen molar-refractivity contribution in [3.8, 4) is 0 Å². The Morgan fingerprint density at radius 1 is 1.12 bits per heavy atom. The van der Waals surface area contributed by atoms with Gasteiger partial charge < -0.3 is 10.2 Å². The number of amides is 1. The highest BCUT2D eigenvalue weighted by Gasteiger charge is 2.18. The van der Waals surface area contributed by atoms with Crippen molar-refractivity contribution in [2.75, 3.05) is 23.3 Å². The van der Waals surface area contributed by atoms with Crippen molar-refractivity contribution < 1.29 is 4.79 Å². The third kappa shape index (κ3) is 3.72. The van der Waals surface area contributed by atoms with Crippen molar-refractivity contribution in [2.45, 2.75) is 33.6 Å². The Morgan fingerprint density at radius 2 is 1.88 bits per heavy atom. The summed E-state index contributed by atoms with van der Waals surface area (Å²) in [5.41, 5.74) is 3.29. The van der Waals surface area contributed by atoms with Crippen LogP contribution in [0.4, 0.5) is 11.5 Å². The van der Waals surface area contributed by atoms with E-state index in [2.05, 4.69) is 27.3 Å². The zero-order chi connectivity index (χ0) is 17.1. The standard InChI is InChI=1S/C19H24N4O/c1-13-8-10-23(11-9-13)18-7-6-16(21-22-18)19(24)20-17-12-14(2)4-5-15(17)3/h4-7,12-13H,8-11H2,1-3H3,(H,20,24). The Kier molecular flexibility index (Phi) is 4.79. The Bertz CT molecular complexity index is 719. The molecule has 3 rings (SSSR count). The van der Waals surface area contributed by atoms with Crippen LogP contribution in [-0.2, 0) is 0 Å². The number of nitrogens with zero attached hydrogens (tertiary/aromatic N) is 3. The number of hydrogen-bond donors (Lipinski definition) is 1. The predicted octanol–water partition coefficient (Wildman–Crippen LogP) is 3.58. The number of carbonyl (C=O) groups is 1. The average molecular weight is 324 g/mol. The van der Waals surface area contributed by atoms with Gasteiger partial charge >= 0.3 is 0 Å². The minimum atomic E-state index is -0.227.